The van der Waals surface area contributed by atoms with Crippen LogP contribution in [0.5, 0.6) is 0 Å². The molecule has 1 aromatic carbocycles. The fraction of sp³-hybridized carbons (Fsp3) is 0.471. The van der Waals surface area contributed by atoms with E-state index in [2.05, 4.69) is 41.5 Å². The topological polar surface area (TPSA) is 45.2 Å². The highest BCUT2D eigenvalue weighted by atomic mass is 32.1. The lowest BCUT2D eigenvalue weighted by atomic mass is 9.99. The van der Waals surface area contributed by atoms with E-state index in [1.54, 1.807) is 11.3 Å². The number of nitrogens with zero attached hydrogens (tertiary/aromatic N) is 1. The van der Waals surface area contributed by atoms with Gasteiger partial charge in [0.15, 0.2) is 0 Å². The van der Waals surface area contributed by atoms with Gasteiger partial charge in [-0.05, 0) is 19.8 Å². The Hall–Kier alpha value is -1.23. The van der Waals surface area contributed by atoms with Crippen LogP contribution >= 0.6 is 11.3 Å². The first-order chi connectivity index (χ1) is 10.2. The summed E-state index contributed by atoms with van der Waals surface area (Å²) < 4.78 is 0. The molecule has 1 heterocycles. The molecule has 2 aromatic rings. The van der Waals surface area contributed by atoms with Crippen molar-refractivity contribution in [1.82, 2.24) is 10.3 Å². The van der Waals surface area contributed by atoms with E-state index < -0.39 is 0 Å². The van der Waals surface area contributed by atoms with E-state index in [-0.39, 0.29) is 12.1 Å². The maximum Gasteiger partial charge on any atom is 0.123 e. The molecule has 1 aliphatic rings. The van der Waals surface area contributed by atoms with Crippen molar-refractivity contribution in [2.45, 2.75) is 44.7 Å². The zero-order chi connectivity index (χ0) is 14.7. The molecule has 1 fully saturated rings. The average molecular weight is 302 g/mol. The third kappa shape index (κ3) is 3.34. The number of nitrogens with one attached hydrogen (secondary N) is 1. The van der Waals surface area contributed by atoms with Crippen molar-refractivity contribution < 1.29 is 5.11 Å². The lowest BCUT2D eigenvalue weighted by Crippen LogP contribution is -2.45. The van der Waals surface area contributed by atoms with Gasteiger partial charge in [0.2, 0.25) is 0 Å². The fourth-order valence-corrected chi connectivity index (χ4v) is 3.79. The second-order valence-electron chi connectivity index (χ2n) is 6.00. The van der Waals surface area contributed by atoms with Crippen molar-refractivity contribution >= 4 is 11.3 Å². The molecule has 0 unspecified atom stereocenters. The van der Waals surface area contributed by atoms with Crippen molar-refractivity contribution in [2.24, 2.45) is 0 Å². The summed E-state index contributed by atoms with van der Waals surface area (Å²) >= 11 is 1.73. The van der Waals surface area contributed by atoms with Gasteiger partial charge in [-0.2, -0.15) is 0 Å². The summed E-state index contributed by atoms with van der Waals surface area (Å²) in [7, 11) is 0. The minimum atomic E-state index is -0.0615. The highest BCUT2D eigenvalue weighted by Crippen LogP contribution is 2.30. The second-order valence-corrected chi connectivity index (χ2v) is 7.11. The highest BCUT2D eigenvalue weighted by Gasteiger charge is 2.32. The lowest BCUT2D eigenvalue weighted by molar-refractivity contribution is 0.163. The molecule has 0 atom stereocenters. The Bertz CT molecular complexity index is 585. The van der Waals surface area contributed by atoms with Gasteiger partial charge in [-0.1, -0.05) is 42.7 Å². The van der Waals surface area contributed by atoms with E-state index >= 15 is 0 Å². The fourth-order valence-electron chi connectivity index (χ4n) is 2.94. The number of aryl methyl sites for hydroxylation is 1. The van der Waals surface area contributed by atoms with Crippen LogP contribution in [0.1, 0.15) is 36.1 Å². The molecule has 0 spiro atoms. The van der Waals surface area contributed by atoms with Crippen LogP contribution in [0.2, 0.25) is 0 Å². The van der Waals surface area contributed by atoms with Gasteiger partial charge in [0, 0.05) is 28.7 Å². The molecule has 112 valence electrons. The predicted molar refractivity (Wildman–Crippen MR) is 87.4 cm³/mol. The molecule has 0 saturated heterocycles. The monoisotopic (exact) mass is 302 g/mol. The van der Waals surface area contributed by atoms with Crippen LogP contribution in [-0.4, -0.2) is 22.2 Å². The number of hydrogen-bond donors (Lipinski definition) is 2. The summed E-state index contributed by atoms with van der Waals surface area (Å²) in [6.07, 6.45) is 6.53. The summed E-state index contributed by atoms with van der Waals surface area (Å²) in [5, 5.41) is 14.3. The van der Waals surface area contributed by atoms with Gasteiger partial charge in [-0.25, -0.2) is 4.98 Å². The van der Waals surface area contributed by atoms with Crippen LogP contribution in [-0.2, 0) is 6.54 Å². The van der Waals surface area contributed by atoms with Gasteiger partial charge in [0.05, 0.1) is 6.61 Å². The Morgan fingerprint density at radius 3 is 2.62 bits per heavy atom. The van der Waals surface area contributed by atoms with Crippen LogP contribution in [0.3, 0.4) is 0 Å². The van der Waals surface area contributed by atoms with E-state index in [1.807, 2.05) is 6.20 Å². The van der Waals surface area contributed by atoms with Crippen LogP contribution in [0, 0.1) is 6.92 Å². The summed E-state index contributed by atoms with van der Waals surface area (Å²) in [6.45, 7) is 3.12. The lowest BCUT2D eigenvalue weighted by Gasteiger charge is -2.27. The molecule has 1 aliphatic carbocycles. The third-order valence-corrected chi connectivity index (χ3v) is 5.40. The normalized spacial score (nSPS) is 17.2. The number of hydrogen-bond acceptors (Lipinski definition) is 4. The van der Waals surface area contributed by atoms with Gasteiger partial charge in [-0.3, -0.25) is 0 Å². The van der Waals surface area contributed by atoms with E-state index in [9.17, 15) is 5.11 Å². The van der Waals surface area contributed by atoms with Gasteiger partial charge >= 0.3 is 0 Å². The minimum absolute atomic E-state index is 0.0615. The Balaban J connectivity index is 1.66. The summed E-state index contributed by atoms with van der Waals surface area (Å²) in [6, 6.07) is 8.48. The molecule has 2 N–H and O–H groups in total. The number of aromatic nitrogens is 1. The minimum Gasteiger partial charge on any atom is -0.394 e. The second kappa shape index (κ2) is 6.26. The van der Waals surface area contributed by atoms with Crippen molar-refractivity contribution in [3.8, 4) is 10.6 Å². The molecule has 3 nitrogen and oxygen atoms in total. The van der Waals surface area contributed by atoms with Gasteiger partial charge in [-0.15, -0.1) is 11.3 Å². The average Bonchev–Trinajstić information content (AvgIpc) is 3.16. The molecule has 1 aromatic heterocycles. The molecule has 0 amide bonds. The van der Waals surface area contributed by atoms with Crippen molar-refractivity contribution in [2.75, 3.05) is 6.61 Å². The summed E-state index contributed by atoms with van der Waals surface area (Å²) in [4.78, 5) is 5.75. The molecule has 0 aliphatic heterocycles. The quantitative estimate of drug-likeness (QED) is 0.888. The smallest absolute Gasteiger partial charge is 0.123 e. The standard InChI is InChI=1S/C17H22N2OS/c1-13-4-6-14(7-5-13)16-18-10-15(21-16)11-19-17(12-20)8-2-3-9-17/h4-7,10,19-20H,2-3,8-9,11-12H2,1H3. The SMILES string of the molecule is Cc1ccc(-c2ncc(CNC3(CO)CCCC3)s2)cc1. The first kappa shape index (κ1) is 14.7. The Labute approximate surface area is 130 Å². The first-order valence-electron chi connectivity index (χ1n) is 7.58. The molecule has 0 radical (unpaired) electrons. The van der Waals surface area contributed by atoms with Gasteiger partial charge in [0.1, 0.15) is 5.01 Å². The maximum atomic E-state index is 9.63. The zero-order valence-corrected chi connectivity index (χ0v) is 13.2. The molecule has 1 saturated carbocycles. The number of thiazole rings is 1. The third-order valence-electron chi connectivity index (χ3n) is 4.35. The Morgan fingerprint density at radius 1 is 1.24 bits per heavy atom. The Kier molecular flexibility index (Phi) is 4.38. The van der Waals surface area contributed by atoms with Crippen molar-refractivity contribution in [1.29, 1.82) is 0 Å². The molecule has 0 bridgehead atoms. The highest BCUT2D eigenvalue weighted by molar-refractivity contribution is 7.15. The van der Waals surface area contributed by atoms with Crippen LogP contribution < -0.4 is 5.32 Å². The van der Waals surface area contributed by atoms with Gasteiger partial charge < -0.3 is 10.4 Å². The van der Waals surface area contributed by atoms with Gasteiger partial charge in [0.25, 0.3) is 0 Å². The molecule has 4 heteroatoms. The number of rotatable bonds is 5. The zero-order valence-electron chi connectivity index (χ0n) is 12.4. The maximum absolute atomic E-state index is 9.63. The van der Waals surface area contributed by atoms with Crippen molar-refractivity contribution in [3.05, 3.63) is 40.9 Å². The number of benzene rings is 1. The molecule has 21 heavy (non-hydrogen) atoms. The number of aliphatic hydroxyl groups is 1. The molecular weight excluding hydrogens is 280 g/mol. The van der Waals surface area contributed by atoms with E-state index in [4.69, 9.17) is 0 Å². The molecule has 3 rings (SSSR count). The summed E-state index contributed by atoms with van der Waals surface area (Å²) in [5.74, 6) is 0. The van der Waals surface area contributed by atoms with Crippen molar-refractivity contribution in [3.63, 3.8) is 0 Å². The van der Waals surface area contributed by atoms with E-state index in [0.29, 0.717) is 0 Å². The largest absolute Gasteiger partial charge is 0.394 e. The van der Waals surface area contributed by atoms with Crippen LogP contribution in [0.4, 0.5) is 0 Å². The van der Waals surface area contributed by atoms with Crippen LogP contribution in [0.25, 0.3) is 10.6 Å². The predicted octanol–water partition coefficient (Wildman–Crippen LogP) is 3.51. The van der Waals surface area contributed by atoms with E-state index in [0.717, 1.165) is 24.4 Å². The Morgan fingerprint density at radius 2 is 1.95 bits per heavy atom. The van der Waals surface area contributed by atoms with Crippen LogP contribution in [0.15, 0.2) is 30.5 Å². The van der Waals surface area contributed by atoms with E-state index in [1.165, 1.54) is 28.8 Å². The first-order valence-corrected chi connectivity index (χ1v) is 8.40. The number of aliphatic hydroxyl groups excluding tert-OH is 1. The summed E-state index contributed by atoms with van der Waals surface area (Å²) in [5.41, 5.74) is 2.38. The molecular formula is C17H22N2OS.